The molecule has 0 fully saturated rings. The molecular formula is C21H22F2N4O3. The number of carbonyl (C=O) groups is 1. The predicted octanol–water partition coefficient (Wildman–Crippen LogP) is 3.39. The number of halogens is 2. The largest absolute Gasteiger partial charge is 0.330 e. The summed E-state index contributed by atoms with van der Waals surface area (Å²) in [7, 11) is 0. The molecule has 3 aromatic rings. The maximum Gasteiger partial charge on any atom is 0.330 e. The number of hydrogen-bond acceptors (Lipinski definition) is 4. The zero-order valence-corrected chi connectivity index (χ0v) is 17.0. The summed E-state index contributed by atoms with van der Waals surface area (Å²) in [6.07, 6.45) is 0. The Bertz CT molecular complexity index is 1250. The van der Waals surface area contributed by atoms with Crippen molar-refractivity contribution in [3.05, 3.63) is 68.0 Å². The van der Waals surface area contributed by atoms with Crippen LogP contribution in [0.25, 0.3) is 11.0 Å². The van der Waals surface area contributed by atoms with Crippen molar-refractivity contribution in [2.24, 2.45) is 5.92 Å². The number of fused-ring (bicyclic) bond motifs is 1. The van der Waals surface area contributed by atoms with Gasteiger partial charge in [-0.15, -0.1) is 0 Å². The minimum atomic E-state index is -0.948. The standard InChI is InChI=1S/C21H22F2N4O3/c1-10(2)9-27-18-17(20(29)26-21(27)30)13(8-16(24-18)11(3)4)19(28)25-15-6-5-12(22)7-14(15)23/h5-8,10-11H,9H2,1-4H3,(H,25,28)(H,26,29,30). The second-order valence-electron chi connectivity index (χ2n) is 7.79. The number of nitrogens with zero attached hydrogens (tertiary/aromatic N) is 2. The molecule has 0 saturated heterocycles. The van der Waals surface area contributed by atoms with Crippen LogP contribution in [0.1, 0.15) is 49.7 Å². The van der Waals surface area contributed by atoms with Crippen LogP contribution in [-0.4, -0.2) is 20.4 Å². The summed E-state index contributed by atoms with van der Waals surface area (Å²) >= 11 is 0. The number of rotatable bonds is 5. The number of carbonyl (C=O) groups excluding carboxylic acids is 1. The van der Waals surface area contributed by atoms with Gasteiger partial charge in [-0.1, -0.05) is 27.7 Å². The molecule has 0 unspecified atom stereocenters. The van der Waals surface area contributed by atoms with Gasteiger partial charge in [-0.3, -0.25) is 19.1 Å². The lowest BCUT2D eigenvalue weighted by Crippen LogP contribution is -2.33. The van der Waals surface area contributed by atoms with Gasteiger partial charge in [0.2, 0.25) is 0 Å². The monoisotopic (exact) mass is 416 g/mol. The molecule has 1 aromatic carbocycles. The van der Waals surface area contributed by atoms with Gasteiger partial charge in [0.25, 0.3) is 11.5 Å². The highest BCUT2D eigenvalue weighted by Gasteiger charge is 2.21. The number of H-pyrrole nitrogens is 1. The van der Waals surface area contributed by atoms with Gasteiger partial charge in [-0.2, -0.15) is 0 Å². The van der Waals surface area contributed by atoms with Gasteiger partial charge in [-0.05, 0) is 30.0 Å². The van der Waals surface area contributed by atoms with E-state index in [9.17, 15) is 23.2 Å². The van der Waals surface area contributed by atoms with Crippen LogP contribution in [0.5, 0.6) is 0 Å². The zero-order chi connectivity index (χ0) is 22.2. The fraction of sp³-hybridized carbons (Fsp3) is 0.333. The normalized spacial score (nSPS) is 11.5. The summed E-state index contributed by atoms with van der Waals surface area (Å²) in [4.78, 5) is 44.7. The van der Waals surface area contributed by atoms with Crippen LogP contribution in [-0.2, 0) is 6.54 Å². The van der Waals surface area contributed by atoms with E-state index in [-0.39, 0.29) is 40.7 Å². The first kappa shape index (κ1) is 21.4. The smallest absolute Gasteiger partial charge is 0.319 e. The first-order chi connectivity index (χ1) is 14.1. The fourth-order valence-electron chi connectivity index (χ4n) is 3.08. The highest BCUT2D eigenvalue weighted by Crippen LogP contribution is 2.22. The molecule has 2 aromatic heterocycles. The molecule has 158 valence electrons. The molecule has 3 rings (SSSR count). The maximum absolute atomic E-state index is 14.0. The van der Waals surface area contributed by atoms with Crippen molar-refractivity contribution in [1.29, 1.82) is 0 Å². The molecule has 0 aliphatic rings. The second kappa shape index (κ2) is 8.17. The molecule has 2 N–H and O–H groups in total. The molecule has 0 aliphatic carbocycles. The van der Waals surface area contributed by atoms with E-state index in [1.807, 2.05) is 27.7 Å². The number of anilines is 1. The highest BCUT2D eigenvalue weighted by molar-refractivity contribution is 6.11. The molecular weight excluding hydrogens is 394 g/mol. The van der Waals surface area contributed by atoms with Crippen LogP contribution >= 0.6 is 0 Å². The molecule has 0 radical (unpaired) electrons. The topological polar surface area (TPSA) is 96.9 Å². The number of aromatic nitrogens is 3. The van der Waals surface area contributed by atoms with Crippen molar-refractivity contribution in [3.8, 4) is 0 Å². The van der Waals surface area contributed by atoms with E-state index in [4.69, 9.17) is 0 Å². The van der Waals surface area contributed by atoms with Crippen molar-refractivity contribution in [3.63, 3.8) is 0 Å². The van der Waals surface area contributed by atoms with Crippen molar-refractivity contribution < 1.29 is 13.6 Å². The minimum Gasteiger partial charge on any atom is -0.319 e. The lowest BCUT2D eigenvalue weighted by atomic mass is 10.0. The van der Waals surface area contributed by atoms with Crippen LogP contribution in [0.2, 0.25) is 0 Å². The summed E-state index contributed by atoms with van der Waals surface area (Å²) in [5, 5.41) is 2.30. The van der Waals surface area contributed by atoms with Crippen molar-refractivity contribution in [2.45, 2.75) is 40.2 Å². The van der Waals surface area contributed by atoms with Crippen LogP contribution in [0.3, 0.4) is 0 Å². The maximum atomic E-state index is 14.0. The third kappa shape index (κ3) is 4.14. The lowest BCUT2D eigenvalue weighted by Gasteiger charge is -2.16. The molecule has 0 atom stereocenters. The molecule has 0 spiro atoms. The quantitative estimate of drug-likeness (QED) is 0.666. The van der Waals surface area contributed by atoms with Crippen LogP contribution < -0.4 is 16.6 Å². The van der Waals surface area contributed by atoms with E-state index >= 15 is 0 Å². The van der Waals surface area contributed by atoms with Gasteiger partial charge >= 0.3 is 5.69 Å². The SMILES string of the molecule is CC(C)Cn1c(=O)[nH]c(=O)c2c(C(=O)Nc3ccc(F)cc3F)cc(C(C)C)nc21. The number of hydrogen-bond donors (Lipinski definition) is 2. The van der Waals surface area contributed by atoms with E-state index in [0.29, 0.717) is 11.8 Å². The van der Waals surface area contributed by atoms with Gasteiger partial charge < -0.3 is 5.32 Å². The van der Waals surface area contributed by atoms with Gasteiger partial charge in [0.15, 0.2) is 5.65 Å². The molecule has 2 heterocycles. The lowest BCUT2D eigenvalue weighted by molar-refractivity contribution is 0.102. The average Bonchev–Trinajstić information content (AvgIpc) is 2.65. The Kier molecular flexibility index (Phi) is 5.82. The van der Waals surface area contributed by atoms with E-state index < -0.39 is 28.8 Å². The van der Waals surface area contributed by atoms with Gasteiger partial charge in [0.05, 0.1) is 16.6 Å². The average molecular weight is 416 g/mol. The Morgan fingerprint density at radius 3 is 2.47 bits per heavy atom. The first-order valence-electron chi connectivity index (χ1n) is 9.52. The fourth-order valence-corrected chi connectivity index (χ4v) is 3.08. The van der Waals surface area contributed by atoms with Gasteiger partial charge in [-0.25, -0.2) is 18.6 Å². The van der Waals surface area contributed by atoms with Gasteiger partial charge in [0, 0.05) is 18.3 Å². The Morgan fingerprint density at radius 2 is 1.87 bits per heavy atom. The van der Waals surface area contributed by atoms with Crippen molar-refractivity contribution >= 4 is 22.6 Å². The predicted molar refractivity (Wildman–Crippen MR) is 110 cm³/mol. The number of benzene rings is 1. The van der Waals surface area contributed by atoms with Crippen molar-refractivity contribution in [1.82, 2.24) is 14.5 Å². The van der Waals surface area contributed by atoms with Crippen LogP contribution in [0.15, 0.2) is 33.9 Å². The van der Waals surface area contributed by atoms with Crippen molar-refractivity contribution in [2.75, 3.05) is 5.32 Å². The number of pyridine rings is 1. The Labute approximate surface area is 170 Å². The van der Waals surface area contributed by atoms with Crippen LogP contribution in [0.4, 0.5) is 14.5 Å². The van der Waals surface area contributed by atoms with E-state index in [0.717, 1.165) is 12.1 Å². The number of aromatic amines is 1. The molecule has 9 heteroatoms. The summed E-state index contributed by atoms with van der Waals surface area (Å²) < 4.78 is 28.5. The molecule has 7 nitrogen and oxygen atoms in total. The summed E-state index contributed by atoms with van der Waals surface area (Å²) in [6.45, 7) is 7.80. The molecule has 0 aliphatic heterocycles. The first-order valence-corrected chi connectivity index (χ1v) is 9.52. The van der Waals surface area contributed by atoms with E-state index in [2.05, 4.69) is 15.3 Å². The molecule has 1 amide bonds. The summed E-state index contributed by atoms with van der Waals surface area (Å²) in [5.41, 5.74) is -1.08. The Balaban J connectivity index is 2.26. The number of nitrogens with one attached hydrogen (secondary N) is 2. The van der Waals surface area contributed by atoms with Crippen LogP contribution in [0, 0.1) is 17.6 Å². The zero-order valence-electron chi connectivity index (χ0n) is 17.0. The number of amides is 1. The molecule has 0 bridgehead atoms. The van der Waals surface area contributed by atoms with E-state index in [1.54, 1.807) is 0 Å². The third-order valence-electron chi connectivity index (χ3n) is 4.53. The van der Waals surface area contributed by atoms with Gasteiger partial charge in [0.1, 0.15) is 11.6 Å². The summed E-state index contributed by atoms with van der Waals surface area (Å²) in [6, 6.07) is 4.19. The molecule has 30 heavy (non-hydrogen) atoms. The Morgan fingerprint density at radius 1 is 1.17 bits per heavy atom. The second-order valence-corrected chi connectivity index (χ2v) is 7.79. The van der Waals surface area contributed by atoms with E-state index in [1.165, 1.54) is 10.6 Å². The minimum absolute atomic E-state index is 0.0498. The highest BCUT2D eigenvalue weighted by atomic mass is 19.1. The summed E-state index contributed by atoms with van der Waals surface area (Å²) in [5.74, 6) is -2.53. The molecule has 0 saturated carbocycles. The third-order valence-corrected chi connectivity index (χ3v) is 4.53. The Hall–Kier alpha value is -3.36.